The molecule has 2 aromatic heterocycles. The summed E-state index contributed by atoms with van der Waals surface area (Å²) in [5.74, 6) is 0.188. The summed E-state index contributed by atoms with van der Waals surface area (Å²) < 4.78 is 0. The van der Waals surface area contributed by atoms with Gasteiger partial charge in [-0.05, 0) is 55.0 Å². The Labute approximate surface area is 147 Å². The number of thiophene rings is 1. The average Bonchev–Trinajstić information content (AvgIpc) is 2.92. The lowest BCUT2D eigenvalue weighted by Gasteiger charge is -2.11. The Balaban J connectivity index is 1.84. The van der Waals surface area contributed by atoms with Crippen molar-refractivity contribution in [2.75, 3.05) is 5.32 Å². The number of hydrogen-bond donors (Lipinski definition) is 2. The minimum atomic E-state index is -0.402. The number of aromatic nitrogens is 2. The van der Waals surface area contributed by atoms with Crippen LogP contribution in [-0.4, -0.2) is 15.9 Å². The normalized spacial score (nSPS) is 13.7. The van der Waals surface area contributed by atoms with E-state index in [9.17, 15) is 4.79 Å². The van der Waals surface area contributed by atoms with Crippen molar-refractivity contribution in [3.05, 3.63) is 45.6 Å². The monoisotopic (exact) mass is 358 g/mol. The van der Waals surface area contributed by atoms with E-state index >= 15 is 0 Å². The Morgan fingerprint density at radius 2 is 2.00 bits per heavy atom. The van der Waals surface area contributed by atoms with E-state index in [2.05, 4.69) is 15.3 Å². The number of para-hydroxylation sites is 1. The van der Waals surface area contributed by atoms with E-state index in [1.807, 2.05) is 24.3 Å². The smallest absolute Gasteiger partial charge is 0.251 e. The van der Waals surface area contributed by atoms with E-state index in [-0.39, 0.29) is 5.28 Å². The van der Waals surface area contributed by atoms with Gasteiger partial charge in [0, 0.05) is 10.3 Å². The summed E-state index contributed by atoms with van der Waals surface area (Å²) in [6.07, 6.45) is 4.13. The third kappa shape index (κ3) is 2.61. The van der Waals surface area contributed by atoms with Gasteiger partial charge < -0.3 is 11.1 Å². The van der Waals surface area contributed by atoms with Crippen LogP contribution in [0.2, 0.25) is 5.28 Å². The molecule has 0 unspecified atom stereocenters. The number of fused-ring (bicyclic) bond motifs is 2. The zero-order valence-electron chi connectivity index (χ0n) is 12.8. The van der Waals surface area contributed by atoms with Crippen molar-refractivity contribution >= 4 is 50.6 Å². The first kappa shape index (κ1) is 15.4. The number of amides is 1. The van der Waals surface area contributed by atoms with Crippen LogP contribution in [-0.2, 0) is 12.8 Å². The number of aryl methyl sites for hydroxylation is 1. The Kier molecular flexibility index (Phi) is 3.86. The van der Waals surface area contributed by atoms with E-state index in [1.54, 1.807) is 11.3 Å². The second kappa shape index (κ2) is 6.03. The van der Waals surface area contributed by atoms with Crippen molar-refractivity contribution in [3.63, 3.8) is 0 Å². The number of carbonyl (C=O) groups is 1. The van der Waals surface area contributed by atoms with Crippen LogP contribution in [0.5, 0.6) is 0 Å². The maximum absolute atomic E-state index is 12.0. The van der Waals surface area contributed by atoms with Crippen LogP contribution < -0.4 is 11.1 Å². The second-order valence-corrected chi connectivity index (χ2v) is 7.21. The van der Waals surface area contributed by atoms with Crippen LogP contribution in [0.1, 0.15) is 33.6 Å². The fourth-order valence-corrected chi connectivity index (χ4v) is 4.63. The van der Waals surface area contributed by atoms with Gasteiger partial charge in [0.15, 0.2) is 0 Å². The molecule has 0 radical (unpaired) electrons. The molecule has 5 nitrogen and oxygen atoms in total. The Hall–Kier alpha value is -2.18. The summed E-state index contributed by atoms with van der Waals surface area (Å²) in [5.41, 5.74) is 8.08. The van der Waals surface area contributed by atoms with Crippen molar-refractivity contribution in [3.8, 4) is 0 Å². The lowest BCUT2D eigenvalue weighted by molar-refractivity contribution is 0.100. The molecule has 0 aliphatic heterocycles. The van der Waals surface area contributed by atoms with Crippen molar-refractivity contribution in [1.29, 1.82) is 0 Å². The van der Waals surface area contributed by atoms with Crippen molar-refractivity contribution in [2.24, 2.45) is 5.73 Å². The maximum atomic E-state index is 12.0. The van der Waals surface area contributed by atoms with Gasteiger partial charge in [0.2, 0.25) is 5.28 Å². The number of rotatable bonds is 3. The lowest BCUT2D eigenvalue weighted by Crippen LogP contribution is -2.15. The van der Waals surface area contributed by atoms with Gasteiger partial charge >= 0.3 is 0 Å². The van der Waals surface area contributed by atoms with Gasteiger partial charge in [-0.2, -0.15) is 4.98 Å². The topological polar surface area (TPSA) is 80.9 Å². The first-order chi connectivity index (χ1) is 11.6. The van der Waals surface area contributed by atoms with E-state index in [1.165, 1.54) is 4.88 Å². The minimum Gasteiger partial charge on any atom is -0.365 e. The highest BCUT2D eigenvalue weighted by atomic mass is 35.5. The molecule has 24 heavy (non-hydrogen) atoms. The molecule has 0 fully saturated rings. The van der Waals surface area contributed by atoms with Gasteiger partial charge in [-0.15, -0.1) is 11.3 Å². The predicted molar refractivity (Wildman–Crippen MR) is 97.3 cm³/mol. The zero-order valence-corrected chi connectivity index (χ0v) is 14.4. The summed E-state index contributed by atoms with van der Waals surface area (Å²) in [6.45, 7) is 0. The molecular formula is C17H15ClN4OS. The number of anilines is 2. The molecule has 1 aromatic carbocycles. The molecule has 1 amide bonds. The molecule has 3 N–H and O–H groups in total. The molecule has 2 heterocycles. The number of nitrogens with one attached hydrogen (secondary N) is 1. The van der Waals surface area contributed by atoms with E-state index in [4.69, 9.17) is 17.3 Å². The van der Waals surface area contributed by atoms with Crippen LogP contribution in [0.15, 0.2) is 24.3 Å². The number of nitrogens with two attached hydrogens (primary N) is 1. The molecule has 7 heteroatoms. The minimum absolute atomic E-state index is 0.165. The summed E-state index contributed by atoms with van der Waals surface area (Å²) >= 11 is 7.63. The first-order valence-electron chi connectivity index (χ1n) is 7.77. The van der Waals surface area contributed by atoms with Crippen LogP contribution >= 0.6 is 22.9 Å². The predicted octanol–water partition coefficient (Wildman–Crippen LogP) is 4.07. The highest BCUT2D eigenvalue weighted by molar-refractivity contribution is 7.16. The maximum Gasteiger partial charge on any atom is 0.251 e. The van der Waals surface area contributed by atoms with E-state index in [0.29, 0.717) is 11.4 Å². The average molecular weight is 359 g/mol. The summed E-state index contributed by atoms with van der Waals surface area (Å²) in [7, 11) is 0. The van der Waals surface area contributed by atoms with Crippen LogP contribution in [0.4, 0.5) is 10.8 Å². The Morgan fingerprint density at radius 3 is 2.83 bits per heavy atom. The number of halogens is 1. The van der Waals surface area contributed by atoms with Gasteiger partial charge in [-0.3, -0.25) is 4.79 Å². The zero-order chi connectivity index (χ0) is 16.7. The second-order valence-electron chi connectivity index (χ2n) is 5.76. The standard InChI is InChI=1S/C17H15ClN4OS/c18-17-20-11-7-3-1-5-9(11)15(22-17)21-16-13(14(19)23)10-6-2-4-8-12(10)24-16/h1,3,5,7H,2,4,6,8H2,(H2,19,23)(H,20,21,22). The Morgan fingerprint density at radius 1 is 1.21 bits per heavy atom. The summed E-state index contributed by atoms with van der Waals surface area (Å²) in [4.78, 5) is 21.8. The molecule has 1 aliphatic carbocycles. The number of primary amides is 1. The molecular weight excluding hydrogens is 344 g/mol. The van der Waals surface area contributed by atoms with Gasteiger partial charge in [0.1, 0.15) is 10.8 Å². The number of hydrogen-bond acceptors (Lipinski definition) is 5. The SMILES string of the molecule is NC(=O)c1c(Nc2nc(Cl)nc3ccccc23)sc2c1CCCC2. The van der Waals surface area contributed by atoms with Crippen LogP contribution in [0.25, 0.3) is 10.9 Å². The van der Waals surface area contributed by atoms with Crippen LogP contribution in [0, 0.1) is 0 Å². The van der Waals surface area contributed by atoms with Crippen molar-refractivity contribution in [1.82, 2.24) is 9.97 Å². The molecule has 0 spiro atoms. The summed E-state index contributed by atoms with van der Waals surface area (Å²) in [6, 6.07) is 7.61. The molecule has 0 saturated carbocycles. The Bertz CT molecular complexity index is 953. The van der Waals surface area contributed by atoms with Gasteiger partial charge in [0.25, 0.3) is 5.91 Å². The van der Waals surface area contributed by atoms with Crippen LogP contribution in [0.3, 0.4) is 0 Å². The van der Waals surface area contributed by atoms with E-state index in [0.717, 1.165) is 47.2 Å². The molecule has 122 valence electrons. The van der Waals surface area contributed by atoms with Crippen molar-refractivity contribution in [2.45, 2.75) is 25.7 Å². The number of nitrogens with zero attached hydrogens (tertiary/aromatic N) is 2. The largest absolute Gasteiger partial charge is 0.365 e. The molecule has 1 aliphatic rings. The van der Waals surface area contributed by atoms with Gasteiger partial charge in [-0.25, -0.2) is 4.98 Å². The fraction of sp³-hybridized carbons (Fsp3) is 0.235. The quantitative estimate of drug-likeness (QED) is 0.691. The third-order valence-electron chi connectivity index (χ3n) is 4.23. The molecule has 3 aromatic rings. The van der Waals surface area contributed by atoms with Gasteiger partial charge in [-0.1, -0.05) is 12.1 Å². The summed E-state index contributed by atoms with van der Waals surface area (Å²) in [5, 5.41) is 5.04. The molecule has 4 rings (SSSR count). The highest BCUT2D eigenvalue weighted by Crippen LogP contribution is 2.39. The molecule has 0 saturated heterocycles. The van der Waals surface area contributed by atoms with Gasteiger partial charge in [0.05, 0.1) is 11.1 Å². The van der Waals surface area contributed by atoms with E-state index < -0.39 is 5.91 Å². The molecule has 0 atom stereocenters. The number of benzene rings is 1. The highest BCUT2D eigenvalue weighted by Gasteiger charge is 2.24. The number of carbonyl (C=O) groups excluding carboxylic acids is 1. The first-order valence-corrected chi connectivity index (χ1v) is 8.96. The molecule has 0 bridgehead atoms. The van der Waals surface area contributed by atoms with Crippen molar-refractivity contribution < 1.29 is 4.79 Å². The third-order valence-corrected chi connectivity index (χ3v) is 5.60. The lowest BCUT2D eigenvalue weighted by atomic mass is 9.95. The fourth-order valence-electron chi connectivity index (χ4n) is 3.17.